The first-order valence-corrected chi connectivity index (χ1v) is 5.79. The second-order valence-electron chi connectivity index (χ2n) is 4.63. The number of phenols is 3. The molecule has 98 valence electrons. The summed E-state index contributed by atoms with van der Waals surface area (Å²) in [5.41, 5.74) is 0.0771. The lowest BCUT2D eigenvalue weighted by Crippen LogP contribution is -2.05. The second kappa shape index (κ2) is 5.58. The van der Waals surface area contributed by atoms with Crippen LogP contribution in [0.2, 0.25) is 0 Å². The molecule has 4 nitrogen and oxygen atoms in total. The molecule has 0 spiro atoms. The zero-order valence-corrected chi connectivity index (χ0v) is 10.6. The minimum Gasteiger partial charge on any atom is -0.507 e. The van der Waals surface area contributed by atoms with Crippen molar-refractivity contribution >= 4 is 5.78 Å². The molecule has 0 saturated heterocycles. The molecule has 18 heavy (non-hydrogen) atoms. The van der Waals surface area contributed by atoms with Crippen molar-refractivity contribution in [2.75, 3.05) is 0 Å². The molecule has 0 bridgehead atoms. The van der Waals surface area contributed by atoms with Gasteiger partial charge in [-0.3, -0.25) is 4.79 Å². The summed E-state index contributed by atoms with van der Waals surface area (Å²) in [6, 6.07) is 1.08. The average Bonchev–Trinajstić information content (AvgIpc) is 2.22. The molecule has 1 aromatic rings. The Kier molecular flexibility index (Phi) is 4.37. The van der Waals surface area contributed by atoms with Crippen LogP contribution in [0.1, 0.15) is 36.2 Å². The molecule has 1 rings (SSSR count). The Morgan fingerprint density at radius 3 is 2.44 bits per heavy atom. The molecule has 4 heteroatoms. The maximum atomic E-state index is 11.9. The minimum absolute atomic E-state index is 0.118. The van der Waals surface area contributed by atoms with Gasteiger partial charge in [0.05, 0.1) is 0 Å². The molecule has 0 saturated carbocycles. The summed E-state index contributed by atoms with van der Waals surface area (Å²) in [4.78, 5) is 11.9. The van der Waals surface area contributed by atoms with Crippen molar-refractivity contribution in [1.29, 1.82) is 0 Å². The Hall–Kier alpha value is -1.97. The van der Waals surface area contributed by atoms with Crippen LogP contribution in [0.3, 0.4) is 0 Å². The van der Waals surface area contributed by atoms with E-state index in [4.69, 9.17) is 0 Å². The van der Waals surface area contributed by atoms with Crippen LogP contribution >= 0.6 is 0 Å². The van der Waals surface area contributed by atoms with Gasteiger partial charge in [-0.05, 0) is 12.3 Å². The van der Waals surface area contributed by atoms with E-state index in [1.807, 2.05) is 13.8 Å². The predicted molar refractivity (Wildman–Crippen MR) is 69.1 cm³/mol. The van der Waals surface area contributed by atoms with Crippen molar-refractivity contribution < 1.29 is 20.1 Å². The number of allylic oxidation sites excluding steroid dienone is 1. The predicted octanol–water partition coefficient (Wildman–Crippen LogP) is 2.76. The number of carbonyl (C=O) groups excluding carboxylic acids is 1. The van der Waals surface area contributed by atoms with Gasteiger partial charge in [0.15, 0.2) is 5.78 Å². The minimum atomic E-state index is -0.400. The Balaban J connectivity index is 3.30. The molecule has 0 radical (unpaired) electrons. The molecular formula is C14H18O4. The van der Waals surface area contributed by atoms with E-state index in [1.165, 1.54) is 6.08 Å². The van der Waals surface area contributed by atoms with Crippen molar-refractivity contribution in [3.8, 4) is 17.2 Å². The van der Waals surface area contributed by atoms with E-state index in [1.54, 1.807) is 0 Å². The number of Topliss-reactive ketones (excluding diaryl/α,β-unsaturated/α-hetero) is 1. The maximum Gasteiger partial charge on any atom is 0.170 e. The van der Waals surface area contributed by atoms with Crippen molar-refractivity contribution in [2.24, 2.45) is 5.92 Å². The van der Waals surface area contributed by atoms with Crippen LogP contribution < -0.4 is 0 Å². The molecule has 0 fully saturated rings. The lowest BCUT2D eigenvalue weighted by Gasteiger charge is -2.12. The highest BCUT2D eigenvalue weighted by atomic mass is 16.3. The van der Waals surface area contributed by atoms with Gasteiger partial charge in [-0.2, -0.15) is 0 Å². The average molecular weight is 250 g/mol. The third kappa shape index (κ3) is 2.83. The van der Waals surface area contributed by atoms with Gasteiger partial charge >= 0.3 is 0 Å². The summed E-state index contributed by atoms with van der Waals surface area (Å²) in [6.45, 7) is 7.26. The third-order valence-electron chi connectivity index (χ3n) is 2.58. The summed E-state index contributed by atoms with van der Waals surface area (Å²) in [5.74, 6) is -1.23. The Labute approximate surface area is 106 Å². The van der Waals surface area contributed by atoms with Gasteiger partial charge in [0.25, 0.3) is 0 Å². The van der Waals surface area contributed by atoms with Crippen molar-refractivity contribution in [2.45, 2.75) is 26.7 Å². The number of benzene rings is 1. The van der Waals surface area contributed by atoms with Crippen LogP contribution in [0.25, 0.3) is 0 Å². The van der Waals surface area contributed by atoms with Crippen LogP contribution in [-0.2, 0) is 6.42 Å². The highest BCUT2D eigenvalue weighted by Gasteiger charge is 2.22. The van der Waals surface area contributed by atoms with E-state index < -0.39 is 5.75 Å². The zero-order valence-electron chi connectivity index (χ0n) is 10.6. The second-order valence-corrected chi connectivity index (χ2v) is 4.63. The summed E-state index contributed by atoms with van der Waals surface area (Å²) in [7, 11) is 0. The first-order chi connectivity index (χ1) is 8.38. The van der Waals surface area contributed by atoms with Crippen LogP contribution in [0.4, 0.5) is 0 Å². The molecule has 0 atom stereocenters. The Morgan fingerprint density at radius 1 is 1.33 bits per heavy atom. The van der Waals surface area contributed by atoms with Crippen LogP contribution in [-0.4, -0.2) is 21.1 Å². The molecule has 0 amide bonds. The van der Waals surface area contributed by atoms with E-state index in [0.29, 0.717) is 0 Å². The SMILES string of the molecule is C=CCc1c(O)cc(O)c(C(=O)CC(C)C)c1O. The number of hydrogen-bond acceptors (Lipinski definition) is 4. The van der Waals surface area contributed by atoms with Gasteiger partial charge in [0.2, 0.25) is 0 Å². The molecule has 0 unspecified atom stereocenters. The first kappa shape index (κ1) is 14.1. The van der Waals surface area contributed by atoms with Crippen LogP contribution in [0.5, 0.6) is 17.2 Å². The molecule has 0 aliphatic carbocycles. The monoisotopic (exact) mass is 250 g/mol. The molecule has 3 N–H and O–H groups in total. The van der Waals surface area contributed by atoms with Gasteiger partial charge in [-0.1, -0.05) is 19.9 Å². The van der Waals surface area contributed by atoms with Crippen molar-refractivity contribution in [1.82, 2.24) is 0 Å². The molecule has 0 aliphatic heterocycles. The quantitative estimate of drug-likeness (QED) is 0.554. The zero-order chi connectivity index (χ0) is 13.9. The number of phenolic OH excluding ortho intramolecular Hbond substituents is 3. The van der Waals surface area contributed by atoms with Crippen LogP contribution in [0.15, 0.2) is 18.7 Å². The third-order valence-corrected chi connectivity index (χ3v) is 2.58. The number of rotatable bonds is 5. The van der Waals surface area contributed by atoms with E-state index in [9.17, 15) is 20.1 Å². The normalized spacial score (nSPS) is 10.6. The standard InChI is InChI=1S/C14H18O4/c1-4-5-9-10(15)7-12(17)13(14(9)18)11(16)6-8(2)3/h4,7-8,15,17-18H,1,5-6H2,2-3H3. The summed E-state index contributed by atoms with van der Waals surface area (Å²) in [5, 5.41) is 29.3. The largest absolute Gasteiger partial charge is 0.507 e. The molecular weight excluding hydrogens is 232 g/mol. The van der Waals surface area contributed by atoms with Gasteiger partial charge in [-0.15, -0.1) is 6.58 Å². The van der Waals surface area contributed by atoms with Gasteiger partial charge in [0, 0.05) is 18.1 Å². The number of aromatic hydroxyl groups is 3. The fourth-order valence-corrected chi connectivity index (χ4v) is 1.78. The summed E-state index contributed by atoms with van der Waals surface area (Å²) >= 11 is 0. The number of hydrogen-bond donors (Lipinski definition) is 3. The van der Waals surface area contributed by atoms with Crippen molar-refractivity contribution in [3.05, 3.63) is 29.8 Å². The van der Waals surface area contributed by atoms with E-state index >= 15 is 0 Å². The molecule has 0 aliphatic rings. The number of carbonyl (C=O) groups is 1. The van der Waals surface area contributed by atoms with Crippen LogP contribution in [0, 0.1) is 5.92 Å². The van der Waals surface area contributed by atoms with E-state index in [0.717, 1.165) is 6.07 Å². The number of ketones is 1. The Morgan fingerprint density at radius 2 is 1.94 bits per heavy atom. The highest BCUT2D eigenvalue weighted by molar-refractivity contribution is 6.02. The molecule has 0 heterocycles. The lowest BCUT2D eigenvalue weighted by atomic mass is 9.96. The van der Waals surface area contributed by atoms with E-state index in [2.05, 4.69) is 6.58 Å². The molecule has 0 aromatic heterocycles. The lowest BCUT2D eigenvalue weighted by molar-refractivity contribution is 0.0962. The van der Waals surface area contributed by atoms with E-state index in [-0.39, 0.29) is 47.2 Å². The van der Waals surface area contributed by atoms with Gasteiger partial charge < -0.3 is 15.3 Å². The molecule has 1 aromatic carbocycles. The first-order valence-electron chi connectivity index (χ1n) is 5.79. The summed E-state index contributed by atoms with van der Waals surface area (Å²) in [6.07, 6.45) is 1.95. The fraction of sp³-hybridized carbons (Fsp3) is 0.357. The van der Waals surface area contributed by atoms with Gasteiger partial charge in [0.1, 0.15) is 22.8 Å². The topological polar surface area (TPSA) is 77.8 Å². The van der Waals surface area contributed by atoms with Crippen molar-refractivity contribution in [3.63, 3.8) is 0 Å². The van der Waals surface area contributed by atoms with Gasteiger partial charge in [-0.25, -0.2) is 0 Å². The smallest absolute Gasteiger partial charge is 0.170 e. The maximum absolute atomic E-state index is 11.9. The highest BCUT2D eigenvalue weighted by Crippen LogP contribution is 2.38. The Bertz CT molecular complexity index is 475. The summed E-state index contributed by atoms with van der Waals surface area (Å²) < 4.78 is 0. The fourth-order valence-electron chi connectivity index (χ4n) is 1.78.